The summed E-state index contributed by atoms with van der Waals surface area (Å²) in [4.78, 5) is 46.7. The summed E-state index contributed by atoms with van der Waals surface area (Å²) in [7, 11) is 0. The van der Waals surface area contributed by atoms with E-state index in [1.807, 2.05) is 56.3 Å². The molecule has 3 amide bonds. The number of nitrogens with one attached hydrogen (secondary N) is 2. The molecule has 5 rings (SSSR count). The largest absolute Gasteiger partial charge is 0.313 e. The van der Waals surface area contributed by atoms with E-state index in [0.29, 0.717) is 42.1 Å². The smallest absolute Gasteiger partial charge is 0.260 e. The summed E-state index contributed by atoms with van der Waals surface area (Å²) in [5.41, 5.74) is 2.68. The molecule has 0 radical (unpaired) electrons. The van der Waals surface area contributed by atoms with Gasteiger partial charge in [0.25, 0.3) is 11.8 Å². The van der Waals surface area contributed by atoms with Crippen LogP contribution in [0.2, 0.25) is 0 Å². The number of anilines is 2. The van der Waals surface area contributed by atoms with Crippen LogP contribution in [-0.4, -0.2) is 44.3 Å². The van der Waals surface area contributed by atoms with Crippen LogP contribution in [0, 0.1) is 0 Å². The number of carbonyl (C=O) groups is 3. The molecule has 1 aromatic heterocycles. The first-order chi connectivity index (χ1) is 17.0. The molecule has 9 nitrogen and oxygen atoms in total. The Balaban J connectivity index is 1.22. The first-order valence-corrected chi connectivity index (χ1v) is 12.0. The van der Waals surface area contributed by atoms with Gasteiger partial charge in [0.1, 0.15) is 12.0 Å². The zero-order chi connectivity index (χ0) is 24.5. The third-order valence-electron chi connectivity index (χ3n) is 6.49. The molecule has 0 spiro atoms. The molecule has 0 unspecified atom stereocenters. The predicted molar refractivity (Wildman–Crippen MR) is 131 cm³/mol. The number of unbranched alkanes of at least 4 members (excludes halogenated alkanes) is 2. The van der Waals surface area contributed by atoms with Crippen molar-refractivity contribution in [1.82, 2.24) is 20.1 Å². The minimum absolute atomic E-state index is 0.0744. The van der Waals surface area contributed by atoms with E-state index in [0.717, 1.165) is 24.2 Å². The van der Waals surface area contributed by atoms with Gasteiger partial charge in [-0.15, -0.1) is 5.10 Å². The van der Waals surface area contributed by atoms with Crippen molar-refractivity contribution < 1.29 is 14.4 Å². The van der Waals surface area contributed by atoms with Crippen molar-refractivity contribution >= 4 is 29.4 Å². The van der Waals surface area contributed by atoms with E-state index < -0.39 is 6.17 Å². The second-order valence-electron chi connectivity index (χ2n) is 9.21. The SMILES string of the molecule is CC(C)c1nc(NC(=O)CCCCCN2C(=O)c3ccccc3N3C(=O)c4ccccc4[C@@H]23)n[nH]1. The summed E-state index contributed by atoms with van der Waals surface area (Å²) in [6.45, 7) is 4.49. The summed E-state index contributed by atoms with van der Waals surface area (Å²) in [5.74, 6) is 0.934. The van der Waals surface area contributed by atoms with Crippen molar-refractivity contribution in [3.05, 3.63) is 71.0 Å². The highest BCUT2D eigenvalue weighted by Crippen LogP contribution is 2.45. The van der Waals surface area contributed by atoms with Crippen LogP contribution in [0.1, 0.15) is 83.7 Å². The van der Waals surface area contributed by atoms with Gasteiger partial charge in [-0.05, 0) is 31.0 Å². The van der Waals surface area contributed by atoms with Gasteiger partial charge in [-0.2, -0.15) is 4.98 Å². The fraction of sp³-hybridized carbons (Fsp3) is 0.346. The third kappa shape index (κ3) is 4.18. The molecule has 2 aromatic carbocycles. The molecule has 3 aromatic rings. The zero-order valence-corrected chi connectivity index (χ0v) is 19.8. The highest BCUT2D eigenvalue weighted by molar-refractivity contribution is 6.16. The standard InChI is InChI=1S/C26H28N6O3/c1-16(2)22-28-26(30-29-22)27-21(33)14-4-3-9-15-31-23-17-10-5-6-11-18(17)25(35)32(23)20-13-8-7-12-19(20)24(31)34/h5-8,10-13,16,23H,3-4,9,14-15H2,1-2H3,(H2,27,28,29,30,33)/t23-/m0/s1. The molecule has 35 heavy (non-hydrogen) atoms. The number of hydrogen-bond donors (Lipinski definition) is 2. The van der Waals surface area contributed by atoms with Crippen LogP contribution in [0.15, 0.2) is 48.5 Å². The summed E-state index contributed by atoms with van der Waals surface area (Å²) in [6, 6.07) is 14.8. The number of para-hydroxylation sites is 1. The van der Waals surface area contributed by atoms with Crippen molar-refractivity contribution in [2.75, 3.05) is 16.8 Å². The molecule has 3 heterocycles. The highest BCUT2D eigenvalue weighted by atomic mass is 16.2. The van der Waals surface area contributed by atoms with E-state index in [2.05, 4.69) is 20.5 Å². The highest BCUT2D eigenvalue weighted by Gasteiger charge is 2.47. The fourth-order valence-electron chi connectivity index (χ4n) is 4.72. The van der Waals surface area contributed by atoms with E-state index in [4.69, 9.17) is 0 Å². The second-order valence-corrected chi connectivity index (χ2v) is 9.21. The average molecular weight is 473 g/mol. The van der Waals surface area contributed by atoms with Crippen molar-refractivity contribution in [3.63, 3.8) is 0 Å². The fourth-order valence-corrected chi connectivity index (χ4v) is 4.72. The maximum Gasteiger partial charge on any atom is 0.260 e. The number of H-pyrrole nitrogens is 1. The summed E-state index contributed by atoms with van der Waals surface area (Å²) in [6.07, 6.45) is 2.08. The monoisotopic (exact) mass is 472 g/mol. The molecule has 2 N–H and O–H groups in total. The van der Waals surface area contributed by atoms with Crippen molar-refractivity contribution in [1.29, 1.82) is 0 Å². The molecular formula is C26H28N6O3. The van der Waals surface area contributed by atoms with Gasteiger partial charge in [0.15, 0.2) is 0 Å². The van der Waals surface area contributed by atoms with Crippen LogP contribution < -0.4 is 10.2 Å². The van der Waals surface area contributed by atoms with Gasteiger partial charge in [0.05, 0.1) is 11.3 Å². The first kappa shape index (κ1) is 22.8. The molecular weight excluding hydrogens is 444 g/mol. The lowest BCUT2D eigenvalue weighted by atomic mass is 10.0. The number of hydrogen-bond acceptors (Lipinski definition) is 5. The van der Waals surface area contributed by atoms with E-state index in [1.165, 1.54) is 0 Å². The number of rotatable bonds is 8. The molecule has 1 atom stereocenters. The van der Waals surface area contributed by atoms with Crippen molar-refractivity contribution in [3.8, 4) is 0 Å². The Morgan fingerprint density at radius 1 is 1.00 bits per heavy atom. The molecule has 0 saturated heterocycles. The van der Waals surface area contributed by atoms with E-state index in [-0.39, 0.29) is 23.6 Å². The number of carbonyl (C=O) groups excluding carboxylic acids is 3. The molecule has 9 heteroatoms. The molecule has 2 aliphatic heterocycles. The number of nitrogens with zero attached hydrogens (tertiary/aromatic N) is 4. The molecule has 0 saturated carbocycles. The average Bonchev–Trinajstić information content (AvgIpc) is 3.44. The molecule has 0 fully saturated rings. The maximum absolute atomic E-state index is 13.4. The van der Waals surface area contributed by atoms with Gasteiger partial charge in [-0.1, -0.05) is 50.6 Å². The topological polar surface area (TPSA) is 111 Å². The van der Waals surface area contributed by atoms with E-state index >= 15 is 0 Å². The Morgan fingerprint density at radius 3 is 2.51 bits per heavy atom. The zero-order valence-electron chi connectivity index (χ0n) is 19.8. The lowest BCUT2D eigenvalue weighted by molar-refractivity contribution is -0.116. The van der Waals surface area contributed by atoms with Crippen LogP contribution in [0.5, 0.6) is 0 Å². The normalized spacial score (nSPS) is 16.4. The Hall–Kier alpha value is -4.01. The van der Waals surface area contributed by atoms with Gasteiger partial charge >= 0.3 is 0 Å². The number of aromatic nitrogens is 3. The number of benzene rings is 2. The van der Waals surface area contributed by atoms with Gasteiger partial charge in [-0.3, -0.25) is 29.7 Å². The number of aromatic amines is 1. The summed E-state index contributed by atoms with van der Waals surface area (Å²) < 4.78 is 0. The maximum atomic E-state index is 13.4. The Kier molecular flexibility index (Phi) is 6.07. The van der Waals surface area contributed by atoms with Crippen molar-refractivity contribution in [2.24, 2.45) is 0 Å². The molecule has 0 bridgehead atoms. The van der Waals surface area contributed by atoms with Gasteiger partial charge < -0.3 is 4.90 Å². The number of fused-ring (bicyclic) bond motifs is 5. The molecule has 0 aliphatic carbocycles. The Bertz CT molecular complexity index is 1280. The van der Waals surface area contributed by atoms with Gasteiger partial charge in [0.2, 0.25) is 11.9 Å². The van der Waals surface area contributed by atoms with Crippen LogP contribution in [0.4, 0.5) is 11.6 Å². The van der Waals surface area contributed by atoms with E-state index in [1.54, 1.807) is 15.9 Å². The second kappa shape index (κ2) is 9.32. The quantitative estimate of drug-likeness (QED) is 0.476. The predicted octanol–water partition coefficient (Wildman–Crippen LogP) is 4.24. The number of amides is 3. The van der Waals surface area contributed by atoms with Crippen molar-refractivity contribution in [2.45, 2.75) is 51.6 Å². The minimum Gasteiger partial charge on any atom is -0.313 e. The summed E-state index contributed by atoms with van der Waals surface area (Å²) >= 11 is 0. The Morgan fingerprint density at radius 2 is 1.74 bits per heavy atom. The molecule has 180 valence electrons. The van der Waals surface area contributed by atoms with Gasteiger partial charge in [0, 0.05) is 30.0 Å². The lowest BCUT2D eigenvalue weighted by Crippen LogP contribution is -2.48. The minimum atomic E-state index is -0.440. The van der Waals surface area contributed by atoms with Gasteiger partial charge in [-0.25, -0.2) is 0 Å². The first-order valence-electron chi connectivity index (χ1n) is 12.0. The van der Waals surface area contributed by atoms with Crippen LogP contribution >= 0.6 is 0 Å². The lowest BCUT2D eigenvalue weighted by Gasteiger charge is -2.41. The van der Waals surface area contributed by atoms with Crippen LogP contribution in [0.25, 0.3) is 0 Å². The van der Waals surface area contributed by atoms with E-state index in [9.17, 15) is 14.4 Å². The van der Waals surface area contributed by atoms with Crippen LogP contribution in [-0.2, 0) is 4.79 Å². The molecule has 2 aliphatic rings. The Labute approximate surface area is 203 Å². The summed E-state index contributed by atoms with van der Waals surface area (Å²) in [5, 5.41) is 9.56. The third-order valence-corrected chi connectivity index (χ3v) is 6.49. The van der Waals surface area contributed by atoms with Crippen LogP contribution in [0.3, 0.4) is 0 Å².